The van der Waals surface area contributed by atoms with Crippen molar-refractivity contribution in [3.63, 3.8) is 0 Å². The number of sulfonamides is 1. The first-order chi connectivity index (χ1) is 13.8. The number of anilines is 1. The summed E-state index contributed by atoms with van der Waals surface area (Å²) in [6.07, 6.45) is 0.388. The highest BCUT2D eigenvalue weighted by Crippen LogP contribution is 2.36. The molecular weight excluding hydrogens is 412 g/mol. The van der Waals surface area contributed by atoms with Crippen LogP contribution in [-0.2, 0) is 21.4 Å². The summed E-state index contributed by atoms with van der Waals surface area (Å²) < 4.78 is 38.9. The lowest BCUT2D eigenvalue weighted by Gasteiger charge is -2.13. The molecule has 3 rings (SSSR count). The van der Waals surface area contributed by atoms with Gasteiger partial charge >= 0.3 is 0 Å². The molecule has 0 saturated heterocycles. The molecule has 0 spiro atoms. The molecule has 7 nitrogen and oxygen atoms in total. The van der Waals surface area contributed by atoms with E-state index in [4.69, 9.17) is 9.47 Å². The van der Waals surface area contributed by atoms with Crippen LogP contribution in [0.25, 0.3) is 0 Å². The fraction of sp³-hybridized carbons (Fsp3) is 0.350. The molecular formula is C20H24N2O5S2. The minimum atomic E-state index is -3.76. The van der Waals surface area contributed by atoms with Gasteiger partial charge in [-0.05, 0) is 42.8 Å². The number of fused-ring (bicyclic) bond motifs is 1. The SMILES string of the molecule is CCOc1ccc(CNS(=O)(=O)c2ccc3c(c2)NC(=O)CC(C)S3)cc1OC. The quantitative estimate of drug-likeness (QED) is 0.691. The lowest BCUT2D eigenvalue weighted by atomic mass is 10.2. The van der Waals surface area contributed by atoms with Gasteiger partial charge in [-0.3, -0.25) is 4.79 Å². The number of carbonyl (C=O) groups is 1. The van der Waals surface area contributed by atoms with Gasteiger partial charge in [0.25, 0.3) is 0 Å². The van der Waals surface area contributed by atoms with Crippen molar-refractivity contribution >= 4 is 33.4 Å². The van der Waals surface area contributed by atoms with Gasteiger partial charge in [0.1, 0.15) is 0 Å². The van der Waals surface area contributed by atoms with Crippen LogP contribution in [0, 0.1) is 0 Å². The smallest absolute Gasteiger partial charge is 0.240 e. The normalized spacial score (nSPS) is 16.5. The van der Waals surface area contributed by atoms with Crippen LogP contribution >= 0.6 is 11.8 Å². The maximum atomic E-state index is 12.8. The van der Waals surface area contributed by atoms with Crippen LogP contribution in [0.2, 0.25) is 0 Å². The Labute approximate surface area is 175 Å². The highest BCUT2D eigenvalue weighted by atomic mass is 32.2. The lowest BCUT2D eigenvalue weighted by molar-refractivity contribution is -0.116. The van der Waals surface area contributed by atoms with Gasteiger partial charge < -0.3 is 14.8 Å². The summed E-state index contributed by atoms with van der Waals surface area (Å²) in [5, 5.41) is 2.92. The summed E-state index contributed by atoms with van der Waals surface area (Å²) in [5.74, 6) is 1.03. The minimum absolute atomic E-state index is 0.0975. The van der Waals surface area contributed by atoms with E-state index in [0.29, 0.717) is 30.2 Å². The number of benzene rings is 2. The Morgan fingerprint density at radius 3 is 2.72 bits per heavy atom. The Hall–Kier alpha value is -2.23. The summed E-state index contributed by atoms with van der Waals surface area (Å²) in [4.78, 5) is 12.9. The third-order valence-corrected chi connectivity index (χ3v) is 6.91. The van der Waals surface area contributed by atoms with Crippen molar-refractivity contribution in [1.29, 1.82) is 0 Å². The zero-order valence-electron chi connectivity index (χ0n) is 16.5. The van der Waals surface area contributed by atoms with E-state index in [0.717, 1.165) is 10.5 Å². The highest BCUT2D eigenvalue weighted by molar-refractivity contribution is 8.00. The van der Waals surface area contributed by atoms with E-state index in [1.54, 1.807) is 42.1 Å². The van der Waals surface area contributed by atoms with E-state index in [2.05, 4.69) is 10.0 Å². The molecule has 1 unspecified atom stereocenters. The monoisotopic (exact) mass is 436 g/mol. The molecule has 0 fully saturated rings. The third-order valence-electron chi connectivity index (χ3n) is 4.33. The molecule has 2 aromatic rings. The van der Waals surface area contributed by atoms with Gasteiger partial charge in [-0.15, -0.1) is 11.8 Å². The topological polar surface area (TPSA) is 93.7 Å². The van der Waals surface area contributed by atoms with Crippen molar-refractivity contribution in [3.05, 3.63) is 42.0 Å². The number of hydrogen-bond acceptors (Lipinski definition) is 6. The zero-order valence-corrected chi connectivity index (χ0v) is 18.2. The second kappa shape index (κ2) is 9.06. The number of ether oxygens (including phenoxy) is 2. The number of rotatable bonds is 7. The van der Waals surface area contributed by atoms with Crippen molar-refractivity contribution in [1.82, 2.24) is 4.72 Å². The largest absolute Gasteiger partial charge is 0.493 e. The number of methoxy groups -OCH3 is 1. The van der Waals surface area contributed by atoms with Crippen LogP contribution < -0.4 is 19.5 Å². The van der Waals surface area contributed by atoms with Crippen LogP contribution in [0.15, 0.2) is 46.2 Å². The first-order valence-electron chi connectivity index (χ1n) is 9.22. The van der Waals surface area contributed by atoms with Gasteiger partial charge in [0.15, 0.2) is 11.5 Å². The molecule has 1 aliphatic heterocycles. The molecule has 1 atom stereocenters. The van der Waals surface area contributed by atoms with Gasteiger partial charge in [-0.1, -0.05) is 13.0 Å². The number of amides is 1. The maximum Gasteiger partial charge on any atom is 0.240 e. The molecule has 1 aliphatic rings. The standard InChI is InChI=1S/C20H24N2O5S2/c1-4-27-17-7-5-14(10-18(17)26-3)12-21-29(24,25)15-6-8-19-16(11-15)22-20(23)9-13(2)28-19/h5-8,10-11,13,21H,4,9,12H2,1-3H3,(H,22,23). The summed E-state index contributed by atoms with van der Waals surface area (Å²) in [6.45, 7) is 4.45. The van der Waals surface area contributed by atoms with E-state index in [1.807, 2.05) is 13.8 Å². The second-order valence-electron chi connectivity index (χ2n) is 6.58. The molecule has 2 aromatic carbocycles. The Kier molecular flexibility index (Phi) is 6.71. The Balaban J connectivity index is 1.77. The fourth-order valence-electron chi connectivity index (χ4n) is 2.96. The Morgan fingerprint density at radius 1 is 1.21 bits per heavy atom. The molecule has 1 heterocycles. The number of hydrogen-bond donors (Lipinski definition) is 2. The van der Waals surface area contributed by atoms with Gasteiger partial charge in [-0.2, -0.15) is 0 Å². The summed E-state index contributed by atoms with van der Waals surface area (Å²) in [6, 6.07) is 10.1. The van der Waals surface area contributed by atoms with E-state index in [-0.39, 0.29) is 22.6 Å². The van der Waals surface area contributed by atoms with Crippen LogP contribution in [-0.4, -0.2) is 33.3 Å². The summed E-state index contributed by atoms with van der Waals surface area (Å²) in [5.41, 5.74) is 1.26. The average Bonchev–Trinajstić information content (AvgIpc) is 2.82. The van der Waals surface area contributed by atoms with Gasteiger partial charge in [0.05, 0.1) is 24.3 Å². The van der Waals surface area contributed by atoms with Crippen LogP contribution in [0.1, 0.15) is 25.8 Å². The second-order valence-corrected chi connectivity index (χ2v) is 9.83. The predicted octanol–water partition coefficient (Wildman–Crippen LogP) is 3.40. The summed E-state index contributed by atoms with van der Waals surface area (Å²) >= 11 is 1.55. The highest BCUT2D eigenvalue weighted by Gasteiger charge is 2.22. The third kappa shape index (κ3) is 5.23. The van der Waals surface area contributed by atoms with Crippen molar-refractivity contribution in [2.24, 2.45) is 0 Å². The molecule has 0 radical (unpaired) electrons. The molecule has 0 aliphatic carbocycles. The zero-order chi connectivity index (χ0) is 21.0. The fourth-order valence-corrected chi connectivity index (χ4v) is 5.05. The minimum Gasteiger partial charge on any atom is -0.493 e. The van der Waals surface area contributed by atoms with Crippen LogP contribution in [0.4, 0.5) is 5.69 Å². The van der Waals surface area contributed by atoms with Crippen molar-refractivity contribution in [2.75, 3.05) is 19.0 Å². The molecule has 0 saturated carbocycles. The lowest BCUT2D eigenvalue weighted by Crippen LogP contribution is -2.23. The van der Waals surface area contributed by atoms with E-state index in [1.165, 1.54) is 13.2 Å². The first-order valence-corrected chi connectivity index (χ1v) is 11.6. The molecule has 9 heteroatoms. The van der Waals surface area contributed by atoms with Gasteiger partial charge in [0.2, 0.25) is 15.9 Å². The van der Waals surface area contributed by atoms with Gasteiger partial charge in [0, 0.05) is 23.1 Å². The van der Waals surface area contributed by atoms with E-state index in [9.17, 15) is 13.2 Å². The Morgan fingerprint density at radius 2 is 2.00 bits per heavy atom. The maximum absolute atomic E-state index is 12.8. The van der Waals surface area contributed by atoms with Crippen molar-refractivity contribution in [3.8, 4) is 11.5 Å². The predicted molar refractivity (Wildman–Crippen MR) is 113 cm³/mol. The Bertz CT molecular complexity index is 1010. The van der Waals surface area contributed by atoms with E-state index >= 15 is 0 Å². The number of thioether (sulfide) groups is 1. The molecule has 0 bridgehead atoms. The van der Waals surface area contributed by atoms with Crippen LogP contribution in [0.3, 0.4) is 0 Å². The number of nitrogens with one attached hydrogen (secondary N) is 2. The summed E-state index contributed by atoms with van der Waals surface area (Å²) in [7, 11) is -2.22. The van der Waals surface area contributed by atoms with Crippen LogP contribution in [0.5, 0.6) is 11.5 Å². The number of carbonyl (C=O) groups excluding carboxylic acids is 1. The van der Waals surface area contributed by atoms with E-state index < -0.39 is 10.0 Å². The molecule has 0 aromatic heterocycles. The molecule has 29 heavy (non-hydrogen) atoms. The molecule has 156 valence electrons. The van der Waals surface area contributed by atoms with Crippen molar-refractivity contribution in [2.45, 2.75) is 41.9 Å². The van der Waals surface area contributed by atoms with Crippen molar-refractivity contribution < 1.29 is 22.7 Å². The molecule has 1 amide bonds. The average molecular weight is 437 g/mol. The molecule has 2 N–H and O–H groups in total. The first kappa shape index (κ1) is 21.5. The van der Waals surface area contributed by atoms with Gasteiger partial charge in [-0.25, -0.2) is 13.1 Å².